The normalized spacial score (nSPS) is 30.9. The summed E-state index contributed by atoms with van der Waals surface area (Å²) in [4.78, 5) is 0. The number of nitrogens with zero attached hydrogens (tertiary/aromatic N) is 1. The molecule has 6 heteroatoms. The van der Waals surface area contributed by atoms with Crippen molar-refractivity contribution in [2.75, 3.05) is 6.26 Å². The van der Waals surface area contributed by atoms with Gasteiger partial charge in [-0.1, -0.05) is 0 Å². The molecule has 0 spiro atoms. The molecule has 1 aliphatic rings. The molecule has 0 saturated heterocycles. The summed E-state index contributed by atoms with van der Waals surface area (Å²) in [6.07, 6.45) is 3.42. The maximum Gasteiger partial charge on any atom is 0.185 e. The van der Waals surface area contributed by atoms with Crippen LogP contribution < -0.4 is 0 Å². The van der Waals surface area contributed by atoms with Gasteiger partial charge in [-0.05, 0) is 45.3 Å². The zero-order valence-corrected chi connectivity index (χ0v) is 12.8. The summed E-state index contributed by atoms with van der Waals surface area (Å²) in [5, 5.41) is 8.99. The third-order valence-electron chi connectivity index (χ3n) is 3.05. The first kappa shape index (κ1) is 14.7. The fourth-order valence-electron chi connectivity index (χ4n) is 2.31. The molecule has 1 saturated carbocycles. The first-order valence-electron chi connectivity index (χ1n) is 5.88. The summed E-state index contributed by atoms with van der Waals surface area (Å²) in [6, 6.07) is 2.26. The van der Waals surface area contributed by atoms with Crippen molar-refractivity contribution in [3.63, 3.8) is 0 Å². The van der Waals surface area contributed by atoms with Gasteiger partial charge in [-0.15, -0.1) is 0 Å². The molecule has 0 aromatic heterocycles. The summed E-state index contributed by atoms with van der Waals surface area (Å²) >= 11 is 0. The third-order valence-corrected chi connectivity index (χ3v) is 5.74. The second-order valence-electron chi connectivity index (χ2n) is 5.85. The molecule has 0 aromatic carbocycles. The van der Waals surface area contributed by atoms with Crippen LogP contribution in [0.2, 0.25) is 19.6 Å². The summed E-state index contributed by atoms with van der Waals surface area (Å²) in [6.45, 7) is 6.15. The predicted octanol–water partition coefficient (Wildman–Crippen LogP) is 2.09. The molecule has 17 heavy (non-hydrogen) atoms. The van der Waals surface area contributed by atoms with Crippen LogP contribution in [0.5, 0.6) is 0 Å². The van der Waals surface area contributed by atoms with E-state index in [1.807, 2.05) is 0 Å². The Morgan fingerprint density at radius 1 is 1.29 bits per heavy atom. The average Bonchev–Trinajstić information content (AvgIpc) is 2.14. The molecule has 0 bridgehead atoms. The van der Waals surface area contributed by atoms with Crippen molar-refractivity contribution in [1.82, 2.24) is 0 Å². The average molecular weight is 275 g/mol. The van der Waals surface area contributed by atoms with E-state index < -0.39 is 23.8 Å². The van der Waals surface area contributed by atoms with Crippen molar-refractivity contribution in [1.29, 1.82) is 5.26 Å². The molecule has 0 amide bonds. The lowest BCUT2D eigenvalue weighted by Gasteiger charge is -2.38. The number of rotatable bonds is 3. The minimum atomic E-state index is -2.98. The number of hydrogen-bond acceptors (Lipinski definition) is 4. The minimum Gasteiger partial charge on any atom is -0.400 e. The van der Waals surface area contributed by atoms with Crippen molar-refractivity contribution < 1.29 is 12.8 Å². The monoisotopic (exact) mass is 275 g/mol. The molecule has 4 nitrogen and oxygen atoms in total. The molecule has 98 valence electrons. The Bertz CT molecular complexity index is 411. The van der Waals surface area contributed by atoms with Crippen LogP contribution in [0.3, 0.4) is 0 Å². The zero-order valence-electron chi connectivity index (χ0n) is 11.0. The Kier molecular flexibility index (Phi) is 4.07. The Hall–Kier alpha value is -0.383. The van der Waals surface area contributed by atoms with Crippen LogP contribution >= 0.6 is 0 Å². The molecule has 0 aliphatic heterocycles. The van der Waals surface area contributed by atoms with Gasteiger partial charge >= 0.3 is 0 Å². The van der Waals surface area contributed by atoms with Gasteiger partial charge < -0.3 is 4.43 Å². The maximum absolute atomic E-state index is 11.5. The highest BCUT2D eigenvalue weighted by Crippen LogP contribution is 2.36. The van der Waals surface area contributed by atoms with Gasteiger partial charge in [0.05, 0.1) is 11.3 Å². The lowest BCUT2D eigenvalue weighted by atomic mass is 9.86. The van der Waals surface area contributed by atoms with Crippen LogP contribution in [-0.2, 0) is 14.3 Å². The standard InChI is InChI=1S/C11H21NO3SSi/c1-16(13,14)10-5-7-11(9-12,8-6-10)15-17(2,3)4/h10H,5-8H2,1-4H3. The van der Waals surface area contributed by atoms with Gasteiger partial charge in [-0.2, -0.15) is 5.26 Å². The van der Waals surface area contributed by atoms with Crippen LogP contribution in [0, 0.1) is 11.3 Å². The highest BCUT2D eigenvalue weighted by molar-refractivity contribution is 7.91. The van der Waals surface area contributed by atoms with Crippen molar-refractivity contribution >= 4 is 18.2 Å². The van der Waals surface area contributed by atoms with Crippen molar-refractivity contribution in [2.24, 2.45) is 0 Å². The van der Waals surface area contributed by atoms with E-state index in [1.54, 1.807) is 0 Å². The van der Waals surface area contributed by atoms with Gasteiger partial charge in [0.25, 0.3) is 0 Å². The maximum atomic E-state index is 11.5. The van der Waals surface area contributed by atoms with E-state index in [2.05, 4.69) is 25.7 Å². The predicted molar refractivity (Wildman–Crippen MR) is 69.9 cm³/mol. The largest absolute Gasteiger partial charge is 0.400 e. The number of hydrogen-bond donors (Lipinski definition) is 0. The molecule has 0 radical (unpaired) electrons. The van der Waals surface area contributed by atoms with E-state index in [0.717, 1.165) is 0 Å². The molecule has 1 rings (SSSR count). The quantitative estimate of drug-likeness (QED) is 0.740. The molecule has 0 N–H and O–H groups in total. The minimum absolute atomic E-state index is 0.297. The van der Waals surface area contributed by atoms with E-state index in [1.165, 1.54) is 6.26 Å². The lowest BCUT2D eigenvalue weighted by Crippen LogP contribution is -2.46. The Balaban J connectivity index is 2.75. The van der Waals surface area contributed by atoms with E-state index in [-0.39, 0.29) is 5.25 Å². The first-order valence-corrected chi connectivity index (χ1v) is 11.2. The molecule has 0 atom stereocenters. The van der Waals surface area contributed by atoms with Gasteiger partial charge in [0, 0.05) is 6.26 Å². The van der Waals surface area contributed by atoms with E-state index >= 15 is 0 Å². The van der Waals surface area contributed by atoms with E-state index in [4.69, 9.17) is 4.43 Å². The number of sulfone groups is 1. The SMILES string of the molecule is C[Si](C)(C)OC1(C#N)CCC(S(C)(=O)=O)CC1. The second kappa shape index (κ2) is 4.71. The van der Waals surface area contributed by atoms with Crippen LogP contribution in [0.4, 0.5) is 0 Å². The molecule has 0 unspecified atom stereocenters. The molecule has 1 fully saturated rings. The van der Waals surface area contributed by atoms with Gasteiger partial charge in [0.2, 0.25) is 0 Å². The zero-order chi connectivity index (χ0) is 13.3. The van der Waals surface area contributed by atoms with Crippen molar-refractivity contribution in [3.05, 3.63) is 0 Å². The Morgan fingerprint density at radius 2 is 1.76 bits per heavy atom. The highest BCUT2D eigenvalue weighted by Gasteiger charge is 2.41. The van der Waals surface area contributed by atoms with Crippen molar-refractivity contribution in [3.8, 4) is 6.07 Å². The van der Waals surface area contributed by atoms with E-state index in [0.29, 0.717) is 25.7 Å². The van der Waals surface area contributed by atoms with Crippen LogP contribution in [0.1, 0.15) is 25.7 Å². The van der Waals surface area contributed by atoms with Crippen molar-refractivity contribution in [2.45, 2.75) is 56.2 Å². The van der Waals surface area contributed by atoms with Crippen LogP contribution in [0.25, 0.3) is 0 Å². The lowest BCUT2D eigenvalue weighted by molar-refractivity contribution is 0.0785. The topological polar surface area (TPSA) is 67.2 Å². The fourth-order valence-corrected chi connectivity index (χ4v) is 4.82. The Labute approximate surface area is 105 Å². The summed E-state index contributed by atoms with van der Waals surface area (Å²) < 4.78 is 28.9. The third kappa shape index (κ3) is 4.09. The first-order chi connectivity index (χ1) is 7.58. The smallest absolute Gasteiger partial charge is 0.185 e. The summed E-state index contributed by atoms with van der Waals surface area (Å²) in [5.74, 6) is 0. The molecule has 1 aliphatic carbocycles. The van der Waals surface area contributed by atoms with Gasteiger partial charge in [0.1, 0.15) is 15.4 Å². The van der Waals surface area contributed by atoms with Crippen LogP contribution in [-0.4, -0.2) is 33.8 Å². The highest BCUT2D eigenvalue weighted by atomic mass is 32.2. The summed E-state index contributed by atoms with van der Waals surface area (Å²) in [5.41, 5.74) is -0.744. The van der Waals surface area contributed by atoms with Crippen LogP contribution in [0.15, 0.2) is 0 Å². The van der Waals surface area contributed by atoms with Gasteiger partial charge in [-0.3, -0.25) is 0 Å². The van der Waals surface area contributed by atoms with E-state index in [9.17, 15) is 13.7 Å². The van der Waals surface area contributed by atoms with Gasteiger partial charge in [-0.25, -0.2) is 8.42 Å². The molecular weight excluding hydrogens is 254 g/mol. The summed E-state index contributed by atoms with van der Waals surface area (Å²) in [7, 11) is -4.76. The molecular formula is C11H21NO3SSi. The van der Waals surface area contributed by atoms with Gasteiger partial charge in [0.15, 0.2) is 8.32 Å². The molecule has 0 heterocycles. The second-order valence-corrected chi connectivity index (χ2v) is 12.6. The Morgan fingerprint density at radius 3 is 2.06 bits per heavy atom. The molecule has 0 aromatic rings. The number of nitriles is 1. The fraction of sp³-hybridized carbons (Fsp3) is 0.909.